The number of hydrogen-bond donors (Lipinski definition) is 1. The van der Waals surface area contributed by atoms with Gasteiger partial charge in [-0.05, 0) is 43.7 Å². The quantitative estimate of drug-likeness (QED) is 0.745. The molecule has 0 spiro atoms. The summed E-state index contributed by atoms with van der Waals surface area (Å²) in [4.78, 5) is 31.2. The average Bonchev–Trinajstić information content (AvgIpc) is 3.24. The predicted octanol–water partition coefficient (Wildman–Crippen LogP) is 2.80. The number of rotatable bonds is 5. The molecule has 0 bridgehead atoms. The third-order valence-corrected chi connectivity index (χ3v) is 5.31. The fourth-order valence-corrected chi connectivity index (χ4v) is 3.82. The van der Waals surface area contributed by atoms with Crippen LogP contribution >= 0.6 is 0 Å². The van der Waals surface area contributed by atoms with E-state index in [1.54, 1.807) is 11.1 Å². The number of nitrogens with one attached hydrogen (secondary N) is 1. The third-order valence-electron chi connectivity index (χ3n) is 5.31. The summed E-state index contributed by atoms with van der Waals surface area (Å²) < 4.78 is 1.94. The summed E-state index contributed by atoms with van der Waals surface area (Å²) in [5, 5.41) is 4.02. The SMILES string of the molecule is Cc1ccc2c(c1)cc(C(=O)N(Cc1ccccn1)C[C@@H]1CCC(=O)N1)n2C. The molecule has 1 aliphatic rings. The van der Waals surface area contributed by atoms with E-state index in [0.29, 0.717) is 25.2 Å². The standard InChI is InChI=1S/C22H24N4O2/c1-15-6-8-19-16(11-15)12-20(25(19)2)22(28)26(13-17-5-3-4-10-23-17)14-18-7-9-21(27)24-18/h3-6,8,10-12,18H,7,9,13-14H2,1-2H3,(H,24,27)/t18-/m0/s1. The Bertz CT molecular complexity index is 1030. The molecule has 0 saturated carbocycles. The minimum absolute atomic E-state index is 0.0166. The molecule has 0 radical (unpaired) electrons. The third kappa shape index (κ3) is 3.63. The largest absolute Gasteiger partial charge is 0.352 e. The van der Waals surface area contributed by atoms with E-state index in [0.717, 1.165) is 28.6 Å². The molecule has 28 heavy (non-hydrogen) atoms. The van der Waals surface area contributed by atoms with Crippen molar-refractivity contribution < 1.29 is 9.59 Å². The minimum Gasteiger partial charge on any atom is -0.352 e. The number of nitrogens with zero attached hydrogens (tertiary/aromatic N) is 3. The zero-order chi connectivity index (χ0) is 19.7. The normalized spacial score (nSPS) is 16.4. The average molecular weight is 376 g/mol. The Hall–Kier alpha value is -3.15. The Morgan fingerprint density at radius 2 is 2.14 bits per heavy atom. The lowest BCUT2D eigenvalue weighted by atomic mass is 10.1. The van der Waals surface area contributed by atoms with Crippen molar-refractivity contribution in [2.75, 3.05) is 6.54 Å². The first-order valence-corrected chi connectivity index (χ1v) is 9.56. The maximum atomic E-state index is 13.5. The number of aromatic nitrogens is 2. The van der Waals surface area contributed by atoms with Gasteiger partial charge in [-0.15, -0.1) is 0 Å². The summed E-state index contributed by atoms with van der Waals surface area (Å²) in [5.41, 5.74) is 3.66. The van der Waals surface area contributed by atoms with E-state index in [-0.39, 0.29) is 17.9 Å². The maximum absolute atomic E-state index is 13.5. The van der Waals surface area contributed by atoms with E-state index < -0.39 is 0 Å². The van der Waals surface area contributed by atoms with Crippen LogP contribution in [0.4, 0.5) is 0 Å². The van der Waals surface area contributed by atoms with Crippen molar-refractivity contribution >= 4 is 22.7 Å². The first kappa shape index (κ1) is 18.2. The number of hydrogen-bond acceptors (Lipinski definition) is 3. The van der Waals surface area contributed by atoms with Gasteiger partial charge in [-0.1, -0.05) is 17.7 Å². The molecule has 6 heteroatoms. The van der Waals surface area contributed by atoms with E-state index in [2.05, 4.69) is 22.4 Å². The van der Waals surface area contributed by atoms with Gasteiger partial charge in [-0.25, -0.2) is 0 Å². The molecule has 0 aliphatic carbocycles. The molecular formula is C22H24N4O2. The smallest absolute Gasteiger partial charge is 0.270 e. The molecular weight excluding hydrogens is 352 g/mol. The fourth-order valence-electron chi connectivity index (χ4n) is 3.82. The number of carbonyl (C=O) groups excluding carboxylic acids is 2. The zero-order valence-electron chi connectivity index (χ0n) is 16.2. The highest BCUT2D eigenvalue weighted by Gasteiger charge is 2.27. The van der Waals surface area contributed by atoms with E-state index in [9.17, 15) is 9.59 Å². The number of pyridine rings is 1. The second kappa shape index (κ2) is 7.46. The van der Waals surface area contributed by atoms with Gasteiger partial charge < -0.3 is 14.8 Å². The van der Waals surface area contributed by atoms with Crippen LogP contribution in [-0.4, -0.2) is 38.9 Å². The van der Waals surface area contributed by atoms with Crippen LogP contribution in [0.1, 0.15) is 34.6 Å². The molecule has 6 nitrogen and oxygen atoms in total. The lowest BCUT2D eigenvalue weighted by Gasteiger charge is -2.25. The number of benzene rings is 1. The van der Waals surface area contributed by atoms with Gasteiger partial charge in [0.15, 0.2) is 0 Å². The molecule has 4 rings (SSSR count). The Balaban J connectivity index is 1.65. The van der Waals surface area contributed by atoms with Gasteiger partial charge in [0.1, 0.15) is 5.69 Å². The van der Waals surface area contributed by atoms with Gasteiger partial charge in [-0.2, -0.15) is 0 Å². The van der Waals surface area contributed by atoms with Gasteiger partial charge in [-0.3, -0.25) is 14.6 Å². The van der Waals surface area contributed by atoms with Crippen molar-refractivity contribution in [3.05, 3.63) is 65.6 Å². The van der Waals surface area contributed by atoms with Gasteiger partial charge in [0.25, 0.3) is 5.91 Å². The van der Waals surface area contributed by atoms with Crippen molar-refractivity contribution in [1.29, 1.82) is 0 Å². The fraction of sp³-hybridized carbons (Fsp3) is 0.318. The lowest BCUT2D eigenvalue weighted by molar-refractivity contribution is -0.119. The number of fused-ring (bicyclic) bond motifs is 1. The Morgan fingerprint density at radius 1 is 1.29 bits per heavy atom. The van der Waals surface area contributed by atoms with Gasteiger partial charge >= 0.3 is 0 Å². The Labute approximate surface area is 164 Å². The summed E-state index contributed by atoms with van der Waals surface area (Å²) >= 11 is 0. The monoisotopic (exact) mass is 376 g/mol. The topological polar surface area (TPSA) is 67.2 Å². The second-order valence-electron chi connectivity index (χ2n) is 7.46. The summed E-state index contributed by atoms with van der Waals surface area (Å²) in [6.07, 6.45) is 3.00. The van der Waals surface area contributed by atoms with E-state index in [4.69, 9.17) is 0 Å². The molecule has 3 heterocycles. The van der Waals surface area contributed by atoms with Crippen LogP contribution in [0, 0.1) is 6.92 Å². The van der Waals surface area contributed by atoms with E-state index in [1.807, 2.05) is 48.9 Å². The minimum atomic E-state index is -0.0526. The first-order chi connectivity index (χ1) is 13.5. The van der Waals surface area contributed by atoms with Crippen LogP contribution in [0.15, 0.2) is 48.7 Å². The van der Waals surface area contributed by atoms with Crippen LogP contribution in [0.5, 0.6) is 0 Å². The highest BCUT2D eigenvalue weighted by atomic mass is 16.2. The van der Waals surface area contributed by atoms with Crippen molar-refractivity contribution in [2.24, 2.45) is 7.05 Å². The molecule has 0 unspecified atom stereocenters. The number of aryl methyl sites for hydroxylation is 2. The summed E-state index contributed by atoms with van der Waals surface area (Å²) in [7, 11) is 1.92. The molecule has 144 valence electrons. The second-order valence-corrected chi connectivity index (χ2v) is 7.46. The highest BCUT2D eigenvalue weighted by Crippen LogP contribution is 2.22. The molecule has 1 fully saturated rings. The highest BCUT2D eigenvalue weighted by molar-refractivity contribution is 5.99. The van der Waals surface area contributed by atoms with Gasteiger partial charge in [0.2, 0.25) is 5.91 Å². The lowest BCUT2D eigenvalue weighted by Crippen LogP contribution is -2.42. The van der Waals surface area contributed by atoms with E-state index in [1.165, 1.54) is 0 Å². The molecule has 1 atom stereocenters. The first-order valence-electron chi connectivity index (χ1n) is 9.56. The van der Waals surface area contributed by atoms with Crippen molar-refractivity contribution in [3.63, 3.8) is 0 Å². The Morgan fingerprint density at radius 3 is 2.86 bits per heavy atom. The summed E-state index contributed by atoms with van der Waals surface area (Å²) in [5.74, 6) is -0.00142. The van der Waals surface area contributed by atoms with E-state index >= 15 is 0 Å². The maximum Gasteiger partial charge on any atom is 0.270 e. The van der Waals surface area contributed by atoms with Crippen LogP contribution in [-0.2, 0) is 18.4 Å². The number of amides is 2. The molecule has 3 aromatic rings. The van der Waals surface area contributed by atoms with Crippen molar-refractivity contribution in [3.8, 4) is 0 Å². The molecule has 1 aliphatic heterocycles. The molecule has 2 amide bonds. The Kier molecular flexibility index (Phi) is 4.86. The van der Waals surface area contributed by atoms with Gasteiger partial charge in [0, 0.05) is 43.2 Å². The molecule has 1 aromatic carbocycles. The number of carbonyl (C=O) groups is 2. The molecule has 1 saturated heterocycles. The zero-order valence-corrected chi connectivity index (χ0v) is 16.2. The van der Waals surface area contributed by atoms with Gasteiger partial charge in [0.05, 0.1) is 12.2 Å². The van der Waals surface area contributed by atoms with Crippen molar-refractivity contribution in [2.45, 2.75) is 32.4 Å². The van der Waals surface area contributed by atoms with Crippen LogP contribution in [0.2, 0.25) is 0 Å². The predicted molar refractivity (Wildman–Crippen MR) is 108 cm³/mol. The summed E-state index contributed by atoms with van der Waals surface area (Å²) in [6, 6.07) is 13.8. The van der Waals surface area contributed by atoms with Crippen LogP contribution in [0.3, 0.4) is 0 Å². The van der Waals surface area contributed by atoms with Crippen LogP contribution < -0.4 is 5.32 Å². The molecule has 1 N–H and O–H groups in total. The van der Waals surface area contributed by atoms with Crippen molar-refractivity contribution in [1.82, 2.24) is 19.8 Å². The van der Waals surface area contributed by atoms with Crippen LogP contribution in [0.25, 0.3) is 10.9 Å². The summed E-state index contributed by atoms with van der Waals surface area (Å²) in [6.45, 7) is 2.93. The molecule has 2 aromatic heterocycles.